The Labute approximate surface area is 156 Å². The van der Waals surface area contributed by atoms with Gasteiger partial charge in [-0.1, -0.05) is 0 Å². The highest BCUT2D eigenvalue weighted by Crippen LogP contribution is 2.38. The average molecular weight is 372 g/mol. The zero-order valence-corrected chi connectivity index (χ0v) is 15.9. The summed E-state index contributed by atoms with van der Waals surface area (Å²) in [5.74, 6) is 0.626. The third-order valence-corrected chi connectivity index (χ3v) is 5.00. The number of hydrogen-bond acceptors (Lipinski definition) is 6. The Morgan fingerprint density at radius 3 is 2.73 bits per heavy atom. The molecule has 1 aromatic heterocycles. The van der Waals surface area contributed by atoms with Crippen molar-refractivity contribution in [3.05, 3.63) is 50.9 Å². The van der Waals surface area contributed by atoms with Crippen molar-refractivity contribution >= 4 is 29.2 Å². The number of aryl methyl sites for hydroxylation is 2. The number of thiophene rings is 1. The second kappa shape index (κ2) is 7.33. The van der Waals surface area contributed by atoms with E-state index in [-0.39, 0.29) is 5.78 Å². The van der Waals surface area contributed by atoms with E-state index < -0.39 is 12.1 Å². The first kappa shape index (κ1) is 18.2. The molecule has 1 atom stereocenters. The van der Waals surface area contributed by atoms with E-state index in [2.05, 4.69) is 0 Å². The van der Waals surface area contributed by atoms with Gasteiger partial charge >= 0.3 is 5.97 Å². The molecule has 26 heavy (non-hydrogen) atoms. The lowest BCUT2D eigenvalue weighted by Crippen LogP contribution is -2.26. The minimum absolute atomic E-state index is 0.143. The Hall–Kier alpha value is -2.60. The van der Waals surface area contributed by atoms with Crippen LogP contribution in [0.2, 0.25) is 0 Å². The van der Waals surface area contributed by atoms with E-state index in [9.17, 15) is 9.59 Å². The Bertz CT molecular complexity index is 894. The van der Waals surface area contributed by atoms with Gasteiger partial charge in [0.1, 0.15) is 11.5 Å². The highest BCUT2D eigenvalue weighted by Gasteiger charge is 2.30. The summed E-state index contributed by atoms with van der Waals surface area (Å²) in [6.07, 6.45) is 1.03. The van der Waals surface area contributed by atoms with Crippen molar-refractivity contribution in [2.24, 2.45) is 0 Å². The lowest BCUT2D eigenvalue weighted by atomic mass is 10.0. The minimum Gasteiger partial charge on any atom is -0.479 e. The number of ketones is 1. The molecule has 0 spiro atoms. The number of rotatable bonds is 5. The molecule has 136 valence electrons. The van der Waals surface area contributed by atoms with Crippen LogP contribution in [0.1, 0.15) is 40.2 Å². The molecule has 2 aromatic rings. The quantitative estimate of drug-likeness (QED) is 0.578. The molecular formula is C20H20O5S. The molecule has 5 nitrogen and oxygen atoms in total. The fourth-order valence-corrected chi connectivity index (χ4v) is 3.56. The van der Waals surface area contributed by atoms with Crippen LogP contribution >= 0.6 is 11.3 Å². The number of benzene rings is 1. The summed E-state index contributed by atoms with van der Waals surface area (Å²) >= 11 is 1.56. The molecule has 6 heteroatoms. The third-order valence-electron chi connectivity index (χ3n) is 4.04. The summed E-state index contributed by atoms with van der Waals surface area (Å²) in [5.41, 5.74) is 2.37. The van der Waals surface area contributed by atoms with E-state index in [1.807, 2.05) is 25.3 Å². The topological polar surface area (TPSA) is 61.8 Å². The van der Waals surface area contributed by atoms with Crippen LogP contribution in [-0.2, 0) is 9.53 Å². The molecular weight excluding hydrogens is 352 g/mol. The Balaban J connectivity index is 1.86. The van der Waals surface area contributed by atoms with Gasteiger partial charge in [0, 0.05) is 17.0 Å². The van der Waals surface area contributed by atoms with Crippen LogP contribution in [0.3, 0.4) is 0 Å². The first-order valence-electron chi connectivity index (χ1n) is 8.37. The average Bonchev–Trinajstić information content (AvgIpc) is 3.12. The zero-order valence-electron chi connectivity index (χ0n) is 15.1. The van der Waals surface area contributed by atoms with Crippen molar-refractivity contribution in [2.75, 3.05) is 6.61 Å². The molecule has 0 aliphatic carbocycles. The van der Waals surface area contributed by atoms with Gasteiger partial charge in [-0.3, -0.25) is 4.79 Å². The van der Waals surface area contributed by atoms with Gasteiger partial charge in [-0.15, -0.1) is 11.3 Å². The number of hydrogen-bond donors (Lipinski definition) is 0. The standard InChI is InChI=1S/C20H20O5S/c1-5-23-20(22)13(4)24-14-8-12(3)18-15(9-14)25-16(19(18)21)10-17-11(2)6-7-26-17/h6-10,13H,5H2,1-4H3/b16-10-. The van der Waals surface area contributed by atoms with Crippen molar-refractivity contribution in [2.45, 2.75) is 33.8 Å². The maximum atomic E-state index is 12.7. The first-order valence-corrected chi connectivity index (χ1v) is 9.25. The third kappa shape index (κ3) is 3.51. The van der Waals surface area contributed by atoms with Crippen LogP contribution in [0, 0.1) is 13.8 Å². The van der Waals surface area contributed by atoms with Crippen molar-refractivity contribution in [3.63, 3.8) is 0 Å². The fourth-order valence-electron chi connectivity index (χ4n) is 2.71. The van der Waals surface area contributed by atoms with Crippen LogP contribution in [0.25, 0.3) is 6.08 Å². The summed E-state index contributed by atoms with van der Waals surface area (Å²) < 4.78 is 16.4. The minimum atomic E-state index is -0.742. The van der Waals surface area contributed by atoms with Crippen LogP contribution in [0.15, 0.2) is 29.3 Å². The lowest BCUT2D eigenvalue weighted by Gasteiger charge is -2.14. The van der Waals surface area contributed by atoms with E-state index >= 15 is 0 Å². The number of carbonyl (C=O) groups excluding carboxylic acids is 2. The van der Waals surface area contributed by atoms with Gasteiger partial charge in [0.2, 0.25) is 5.78 Å². The van der Waals surface area contributed by atoms with Crippen molar-refractivity contribution in [1.82, 2.24) is 0 Å². The molecule has 1 unspecified atom stereocenters. The summed E-state index contributed by atoms with van der Waals surface area (Å²) in [4.78, 5) is 25.4. The molecule has 1 aliphatic rings. The SMILES string of the molecule is CCOC(=O)C(C)Oc1cc(C)c2c(c1)O/C(=C\c1sccc1C)C2=O. The number of Topliss-reactive ketones (excluding diaryl/α,β-unsaturated/α-hetero) is 1. The Morgan fingerprint density at radius 2 is 2.08 bits per heavy atom. The summed E-state index contributed by atoms with van der Waals surface area (Å²) in [5, 5.41) is 1.97. The van der Waals surface area contributed by atoms with Crippen LogP contribution in [-0.4, -0.2) is 24.5 Å². The Kier molecular flexibility index (Phi) is 5.13. The van der Waals surface area contributed by atoms with E-state index in [0.29, 0.717) is 29.4 Å². The first-order chi connectivity index (χ1) is 12.4. The van der Waals surface area contributed by atoms with Gasteiger partial charge in [-0.05, 0) is 56.3 Å². The number of ether oxygens (including phenoxy) is 3. The Morgan fingerprint density at radius 1 is 1.31 bits per heavy atom. The second-order valence-electron chi connectivity index (χ2n) is 6.03. The second-order valence-corrected chi connectivity index (χ2v) is 6.98. The van der Waals surface area contributed by atoms with Gasteiger partial charge in [-0.2, -0.15) is 0 Å². The molecule has 0 saturated heterocycles. The highest BCUT2D eigenvalue weighted by atomic mass is 32.1. The normalized spacial score (nSPS) is 15.5. The van der Waals surface area contributed by atoms with Crippen molar-refractivity contribution in [1.29, 1.82) is 0 Å². The molecule has 0 saturated carbocycles. The molecule has 0 bridgehead atoms. The maximum Gasteiger partial charge on any atom is 0.347 e. The maximum absolute atomic E-state index is 12.7. The van der Waals surface area contributed by atoms with Gasteiger partial charge in [0.25, 0.3) is 0 Å². The smallest absolute Gasteiger partial charge is 0.347 e. The van der Waals surface area contributed by atoms with E-state index in [4.69, 9.17) is 14.2 Å². The predicted molar refractivity (Wildman–Crippen MR) is 99.9 cm³/mol. The van der Waals surface area contributed by atoms with E-state index in [1.165, 1.54) is 0 Å². The molecule has 1 aromatic carbocycles. The summed E-state index contributed by atoms with van der Waals surface area (Å²) in [6.45, 7) is 7.47. The van der Waals surface area contributed by atoms with E-state index in [1.54, 1.807) is 43.4 Å². The number of fused-ring (bicyclic) bond motifs is 1. The fraction of sp³-hybridized carbons (Fsp3) is 0.300. The molecule has 0 amide bonds. The highest BCUT2D eigenvalue weighted by molar-refractivity contribution is 7.11. The monoisotopic (exact) mass is 372 g/mol. The lowest BCUT2D eigenvalue weighted by molar-refractivity contribution is -0.150. The van der Waals surface area contributed by atoms with Crippen LogP contribution in [0.5, 0.6) is 11.5 Å². The van der Waals surface area contributed by atoms with Gasteiger partial charge in [-0.25, -0.2) is 4.79 Å². The molecule has 0 fully saturated rings. The number of carbonyl (C=O) groups is 2. The van der Waals surface area contributed by atoms with Crippen LogP contribution < -0.4 is 9.47 Å². The van der Waals surface area contributed by atoms with E-state index in [0.717, 1.165) is 16.0 Å². The molecule has 1 aliphatic heterocycles. The number of allylic oxidation sites excluding steroid dienone is 1. The van der Waals surface area contributed by atoms with Crippen LogP contribution in [0.4, 0.5) is 0 Å². The molecule has 0 radical (unpaired) electrons. The molecule has 3 rings (SSSR count). The van der Waals surface area contributed by atoms with Crippen molar-refractivity contribution in [3.8, 4) is 11.5 Å². The number of esters is 1. The van der Waals surface area contributed by atoms with Crippen molar-refractivity contribution < 1.29 is 23.8 Å². The van der Waals surface area contributed by atoms with Gasteiger partial charge < -0.3 is 14.2 Å². The molecule has 2 heterocycles. The van der Waals surface area contributed by atoms with Gasteiger partial charge in [0.15, 0.2) is 11.9 Å². The largest absolute Gasteiger partial charge is 0.479 e. The summed E-state index contributed by atoms with van der Waals surface area (Å²) in [7, 11) is 0. The molecule has 0 N–H and O–H groups in total. The predicted octanol–water partition coefficient (Wildman–Crippen LogP) is 4.31. The zero-order chi connectivity index (χ0) is 18.8. The van der Waals surface area contributed by atoms with Gasteiger partial charge in [0.05, 0.1) is 12.2 Å². The summed E-state index contributed by atoms with van der Waals surface area (Å²) in [6, 6.07) is 5.37.